The van der Waals surface area contributed by atoms with E-state index < -0.39 is 4.92 Å². The summed E-state index contributed by atoms with van der Waals surface area (Å²) in [6.07, 6.45) is 2.92. The standard InChI is InChI=1S/C19H10Cl2N4O4/c20-12-3-1-11(2-4-12)18-23-24-19(29-18)16-8-14(25(26)27)5-6-17(16)28-15-7-13(21)9-22-10-15/h1-10H. The maximum Gasteiger partial charge on any atom is 0.270 e. The summed E-state index contributed by atoms with van der Waals surface area (Å²) in [6.45, 7) is 0. The van der Waals surface area contributed by atoms with Gasteiger partial charge in [-0.15, -0.1) is 10.2 Å². The number of halogens is 2. The molecule has 0 spiro atoms. The number of non-ortho nitro benzene ring substituents is 1. The summed E-state index contributed by atoms with van der Waals surface area (Å²) in [4.78, 5) is 14.6. The van der Waals surface area contributed by atoms with Crippen LogP contribution in [0.3, 0.4) is 0 Å². The van der Waals surface area contributed by atoms with E-state index in [1.165, 1.54) is 30.6 Å². The molecule has 10 heteroatoms. The van der Waals surface area contributed by atoms with Gasteiger partial charge >= 0.3 is 0 Å². The van der Waals surface area contributed by atoms with Crippen LogP contribution in [0.4, 0.5) is 5.69 Å². The molecule has 0 bridgehead atoms. The molecule has 4 rings (SSSR count). The summed E-state index contributed by atoms with van der Waals surface area (Å²) < 4.78 is 11.5. The van der Waals surface area contributed by atoms with E-state index in [4.69, 9.17) is 32.4 Å². The molecule has 2 aromatic heterocycles. The number of hydrogen-bond acceptors (Lipinski definition) is 7. The van der Waals surface area contributed by atoms with Gasteiger partial charge in [0.05, 0.1) is 21.7 Å². The van der Waals surface area contributed by atoms with Crippen molar-refractivity contribution in [3.05, 3.63) is 81.1 Å². The van der Waals surface area contributed by atoms with Gasteiger partial charge in [0.2, 0.25) is 5.89 Å². The Balaban J connectivity index is 1.76. The third-order valence-corrected chi connectivity index (χ3v) is 4.29. The van der Waals surface area contributed by atoms with Gasteiger partial charge in [0.15, 0.2) is 0 Å². The Bertz CT molecular complexity index is 1200. The number of hydrogen-bond donors (Lipinski definition) is 0. The van der Waals surface area contributed by atoms with Gasteiger partial charge in [-0.05, 0) is 30.3 Å². The summed E-state index contributed by atoms with van der Waals surface area (Å²) in [6, 6.07) is 12.4. The van der Waals surface area contributed by atoms with Crippen LogP contribution in [-0.4, -0.2) is 20.1 Å². The lowest BCUT2D eigenvalue weighted by Crippen LogP contribution is -1.93. The molecule has 2 heterocycles. The molecule has 0 atom stereocenters. The molecule has 0 fully saturated rings. The molecule has 0 saturated heterocycles. The predicted octanol–water partition coefficient (Wildman–Crippen LogP) is 5.81. The van der Waals surface area contributed by atoms with E-state index in [0.29, 0.717) is 21.4 Å². The molecule has 8 nitrogen and oxygen atoms in total. The minimum absolute atomic E-state index is 0.0589. The molecule has 144 valence electrons. The highest BCUT2D eigenvalue weighted by atomic mass is 35.5. The van der Waals surface area contributed by atoms with Crippen molar-refractivity contribution in [3.63, 3.8) is 0 Å². The summed E-state index contributed by atoms with van der Waals surface area (Å²) >= 11 is 11.8. The van der Waals surface area contributed by atoms with Crippen molar-refractivity contribution in [1.29, 1.82) is 0 Å². The van der Waals surface area contributed by atoms with Crippen molar-refractivity contribution in [2.75, 3.05) is 0 Å². The number of ether oxygens (including phenoxy) is 1. The Morgan fingerprint density at radius 2 is 1.69 bits per heavy atom. The lowest BCUT2D eigenvalue weighted by atomic mass is 10.1. The van der Waals surface area contributed by atoms with Crippen LogP contribution >= 0.6 is 23.2 Å². The first-order chi connectivity index (χ1) is 14.0. The number of nitro groups is 1. The van der Waals surface area contributed by atoms with E-state index >= 15 is 0 Å². The Hall–Kier alpha value is -3.49. The maximum atomic E-state index is 11.2. The highest BCUT2D eigenvalue weighted by Crippen LogP contribution is 2.37. The second-order valence-corrected chi connectivity index (χ2v) is 6.67. The third-order valence-electron chi connectivity index (χ3n) is 3.83. The van der Waals surface area contributed by atoms with Gasteiger partial charge in [0.25, 0.3) is 11.6 Å². The van der Waals surface area contributed by atoms with Crippen molar-refractivity contribution >= 4 is 28.9 Å². The Morgan fingerprint density at radius 1 is 0.931 bits per heavy atom. The topological polar surface area (TPSA) is 104 Å². The van der Waals surface area contributed by atoms with Crippen LogP contribution in [0.5, 0.6) is 11.5 Å². The number of rotatable bonds is 5. The van der Waals surface area contributed by atoms with Crippen LogP contribution in [0.2, 0.25) is 10.0 Å². The fourth-order valence-corrected chi connectivity index (χ4v) is 2.79. The monoisotopic (exact) mass is 428 g/mol. The first-order valence-electron chi connectivity index (χ1n) is 8.16. The third kappa shape index (κ3) is 4.18. The quantitative estimate of drug-likeness (QED) is 0.291. The predicted molar refractivity (Wildman–Crippen MR) is 106 cm³/mol. The van der Waals surface area contributed by atoms with Crippen molar-refractivity contribution in [2.24, 2.45) is 0 Å². The van der Waals surface area contributed by atoms with Gasteiger partial charge < -0.3 is 9.15 Å². The molecule has 4 aromatic rings. The van der Waals surface area contributed by atoms with Gasteiger partial charge in [0.1, 0.15) is 11.5 Å². The van der Waals surface area contributed by atoms with Crippen molar-refractivity contribution < 1.29 is 14.1 Å². The van der Waals surface area contributed by atoms with Crippen LogP contribution in [-0.2, 0) is 0 Å². The van der Waals surface area contributed by atoms with Crippen molar-refractivity contribution in [3.8, 4) is 34.4 Å². The lowest BCUT2D eigenvalue weighted by molar-refractivity contribution is -0.384. The smallest absolute Gasteiger partial charge is 0.270 e. The van der Waals surface area contributed by atoms with Gasteiger partial charge in [-0.1, -0.05) is 23.2 Å². The molecule has 0 amide bonds. The highest BCUT2D eigenvalue weighted by Gasteiger charge is 2.20. The molecule has 0 unspecified atom stereocenters. The van der Waals surface area contributed by atoms with Crippen molar-refractivity contribution in [2.45, 2.75) is 0 Å². The molecule has 0 aliphatic carbocycles. The van der Waals surface area contributed by atoms with E-state index in [-0.39, 0.29) is 28.8 Å². The Kier molecular flexibility index (Phi) is 5.11. The van der Waals surface area contributed by atoms with Crippen LogP contribution in [0.25, 0.3) is 22.9 Å². The molecule has 2 aromatic carbocycles. The van der Waals surface area contributed by atoms with E-state index in [1.54, 1.807) is 30.3 Å². The van der Waals surface area contributed by atoms with E-state index in [1.807, 2.05) is 0 Å². The van der Waals surface area contributed by atoms with Gasteiger partial charge in [-0.3, -0.25) is 15.1 Å². The zero-order chi connectivity index (χ0) is 20.4. The number of nitro benzene ring substituents is 1. The largest absolute Gasteiger partial charge is 0.455 e. The van der Waals surface area contributed by atoms with E-state index in [2.05, 4.69) is 15.2 Å². The minimum Gasteiger partial charge on any atom is -0.455 e. The Labute approximate surface area is 173 Å². The first kappa shape index (κ1) is 18.9. The normalized spacial score (nSPS) is 10.7. The highest BCUT2D eigenvalue weighted by molar-refractivity contribution is 6.30. The van der Waals surface area contributed by atoms with Gasteiger partial charge in [-0.2, -0.15) is 0 Å². The van der Waals surface area contributed by atoms with Crippen LogP contribution < -0.4 is 4.74 Å². The molecule has 0 aliphatic heterocycles. The zero-order valence-corrected chi connectivity index (χ0v) is 16.0. The second-order valence-electron chi connectivity index (χ2n) is 5.80. The second kappa shape index (κ2) is 7.86. The lowest BCUT2D eigenvalue weighted by Gasteiger charge is -2.09. The fourth-order valence-electron chi connectivity index (χ4n) is 2.50. The summed E-state index contributed by atoms with van der Waals surface area (Å²) in [7, 11) is 0. The SMILES string of the molecule is O=[N+]([O-])c1ccc(Oc2cncc(Cl)c2)c(-c2nnc(-c3ccc(Cl)cc3)o2)c1. The average molecular weight is 429 g/mol. The van der Waals surface area contributed by atoms with E-state index in [9.17, 15) is 10.1 Å². The summed E-state index contributed by atoms with van der Waals surface area (Å²) in [5.41, 5.74) is 0.759. The number of aromatic nitrogens is 3. The maximum absolute atomic E-state index is 11.2. The van der Waals surface area contributed by atoms with Crippen LogP contribution in [0.1, 0.15) is 0 Å². The molecule has 0 N–H and O–H groups in total. The summed E-state index contributed by atoms with van der Waals surface area (Å²) in [5.74, 6) is 0.915. The Morgan fingerprint density at radius 3 is 2.41 bits per heavy atom. The number of pyridine rings is 1. The van der Waals surface area contributed by atoms with Crippen LogP contribution in [0, 0.1) is 10.1 Å². The average Bonchev–Trinajstić information content (AvgIpc) is 3.19. The molecule has 0 aliphatic rings. The van der Waals surface area contributed by atoms with Gasteiger partial charge in [-0.25, -0.2) is 0 Å². The van der Waals surface area contributed by atoms with Gasteiger partial charge in [0, 0.05) is 35.0 Å². The van der Waals surface area contributed by atoms with Crippen molar-refractivity contribution in [1.82, 2.24) is 15.2 Å². The minimum atomic E-state index is -0.523. The number of nitrogens with zero attached hydrogens (tertiary/aromatic N) is 4. The zero-order valence-electron chi connectivity index (χ0n) is 14.5. The first-order valence-corrected chi connectivity index (χ1v) is 8.92. The molecule has 29 heavy (non-hydrogen) atoms. The summed E-state index contributed by atoms with van der Waals surface area (Å²) in [5, 5.41) is 20.2. The molecular formula is C19H10Cl2N4O4. The molecule has 0 saturated carbocycles. The molecule has 0 radical (unpaired) electrons. The molecular weight excluding hydrogens is 419 g/mol. The fraction of sp³-hybridized carbons (Fsp3) is 0. The number of benzene rings is 2. The van der Waals surface area contributed by atoms with Crippen LogP contribution in [0.15, 0.2) is 65.3 Å². The van der Waals surface area contributed by atoms with E-state index in [0.717, 1.165) is 0 Å².